The first-order chi connectivity index (χ1) is 5.57. The summed E-state index contributed by atoms with van der Waals surface area (Å²) in [4.78, 5) is 0. The lowest BCUT2D eigenvalue weighted by molar-refractivity contribution is -0.0790. The van der Waals surface area contributed by atoms with Crippen molar-refractivity contribution in [3.63, 3.8) is 0 Å². The number of hydrogen-bond acceptors (Lipinski definition) is 0. The van der Waals surface area contributed by atoms with Gasteiger partial charge in [0.1, 0.15) is 0 Å². The SMILES string of the molecule is [CH2]C12CC3CC(C1)CC(C)(C3)C2. The van der Waals surface area contributed by atoms with E-state index < -0.39 is 0 Å². The molecule has 0 aromatic carbocycles. The van der Waals surface area contributed by atoms with E-state index in [1.54, 1.807) is 0 Å². The maximum absolute atomic E-state index is 4.48. The Hall–Kier alpha value is 0. The van der Waals surface area contributed by atoms with Crippen molar-refractivity contribution >= 4 is 0 Å². The third-order valence-corrected chi connectivity index (χ3v) is 4.47. The van der Waals surface area contributed by atoms with Crippen LogP contribution in [0.4, 0.5) is 0 Å². The van der Waals surface area contributed by atoms with E-state index in [1.165, 1.54) is 38.5 Å². The molecule has 2 unspecified atom stereocenters. The van der Waals surface area contributed by atoms with Gasteiger partial charge in [-0.1, -0.05) is 6.92 Å². The van der Waals surface area contributed by atoms with E-state index in [0.717, 1.165) is 11.8 Å². The van der Waals surface area contributed by atoms with Crippen LogP contribution in [0.25, 0.3) is 0 Å². The van der Waals surface area contributed by atoms with Crippen molar-refractivity contribution in [3.05, 3.63) is 6.92 Å². The lowest BCUT2D eigenvalue weighted by atomic mass is 9.45. The molecule has 2 atom stereocenters. The molecule has 0 aromatic rings. The number of rotatable bonds is 0. The smallest absolute Gasteiger partial charge is 0.0287 e. The van der Waals surface area contributed by atoms with Crippen molar-refractivity contribution in [2.75, 3.05) is 0 Å². The van der Waals surface area contributed by atoms with Crippen LogP contribution in [0.15, 0.2) is 0 Å². The molecule has 1 radical (unpaired) electrons. The van der Waals surface area contributed by atoms with Gasteiger partial charge in [-0.3, -0.25) is 0 Å². The zero-order chi connectivity index (χ0) is 8.40. The minimum absolute atomic E-state index is 0.513. The predicted molar refractivity (Wildman–Crippen MR) is 50.6 cm³/mol. The molecule has 4 aliphatic carbocycles. The van der Waals surface area contributed by atoms with E-state index in [2.05, 4.69) is 13.8 Å². The molecule has 4 bridgehead atoms. The zero-order valence-electron chi connectivity index (χ0n) is 8.10. The highest BCUT2D eigenvalue weighted by atomic mass is 14.6. The first kappa shape index (κ1) is 7.41. The van der Waals surface area contributed by atoms with Gasteiger partial charge in [-0.25, -0.2) is 0 Å². The Morgan fingerprint density at radius 3 is 2.08 bits per heavy atom. The summed E-state index contributed by atoms with van der Waals surface area (Å²) in [5, 5.41) is 0. The molecular weight excluding hydrogens is 144 g/mol. The molecule has 0 N–H and O–H groups in total. The van der Waals surface area contributed by atoms with Crippen molar-refractivity contribution in [1.82, 2.24) is 0 Å². The largest absolute Gasteiger partial charge is 0.0596 e. The van der Waals surface area contributed by atoms with Gasteiger partial charge in [-0.05, 0) is 68.1 Å². The Bertz CT molecular complexity index is 182. The van der Waals surface area contributed by atoms with Crippen molar-refractivity contribution in [1.29, 1.82) is 0 Å². The van der Waals surface area contributed by atoms with E-state index in [-0.39, 0.29) is 0 Å². The van der Waals surface area contributed by atoms with Crippen molar-refractivity contribution in [3.8, 4) is 0 Å². The van der Waals surface area contributed by atoms with Gasteiger partial charge < -0.3 is 0 Å². The van der Waals surface area contributed by atoms with Crippen LogP contribution in [0, 0.1) is 29.6 Å². The molecule has 0 aliphatic heterocycles. The van der Waals surface area contributed by atoms with Crippen LogP contribution in [-0.4, -0.2) is 0 Å². The summed E-state index contributed by atoms with van der Waals surface area (Å²) in [6.45, 7) is 6.98. The normalized spacial score (nSPS) is 62.5. The molecule has 4 rings (SSSR count). The molecule has 4 aliphatic rings. The molecular formula is C12H19. The molecule has 12 heavy (non-hydrogen) atoms. The molecule has 0 spiro atoms. The van der Waals surface area contributed by atoms with E-state index in [9.17, 15) is 0 Å². The van der Waals surface area contributed by atoms with Gasteiger partial charge in [-0.2, -0.15) is 0 Å². The fraction of sp³-hybridized carbons (Fsp3) is 0.917. The molecule has 0 heteroatoms. The third kappa shape index (κ3) is 0.900. The van der Waals surface area contributed by atoms with Gasteiger partial charge in [-0.15, -0.1) is 0 Å². The summed E-state index contributed by atoms with van der Waals surface area (Å²) in [6.07, 6.45) is 8.87. The third-order valence-electron chi connectivity index (χ3n) is 4.47. The molecule has 0 aromatic heterocycles. The zero-order valence-corrected chi connectivity index (χ0v) is 8.10. The fourth-order valence-corrected chi connectivity index (χ4v) is 4.93. The molecule has 0 amide bonds. The maximum atomic E-state index is 4.48. The average molecular weight is 163 g/mol. The first-order valence-corrected chi connectivity index (χ1v) is 5.42. The average Bonchev–Trinajstić information content (AvgIpc) is 1.75. The second-order valence-corrected chi connectivity index (χ2v) is 6.27. The summed E-state index contributed by atoms with van der Waals surface area (Å²) in [7, 11) is 0. The lowest BCUT2D eigenvalue weighted by Crippen LogP contribution is -2.49. The quantitative estimate of drug-likeness (QED) is 0.513. The molecule has 4 fully saturated rings. The van der Waals surface area contributed by atoms with Crippen LogP contribution in [0.1, 0.15) is 45.4 Å². The minimum Gasteiger partial charge on any atom is -0.0596 e. The Morgan fingerprint density at radius 1 is 1.08 bits per heavy atom. The van der Waals surface area contributed by atoms with E-state index in [1.807, 2.05) is 0 Å². The monoisotopic (exact) mass is 163 g/mol. The Labute approximate surface area is 75.7 Å². The Balaban J connectivity index is 1.98. The van der Waals surface area contributed by atoms with Crippen LogP contribution < -0.4 is 0 Å². The van der Waals surface area contributed by atoms with E-state index in [4.69, 9.17) is 0 Å². The highest BCUT2D eigenvalue weighted by molar-refractivity contribution is 5.06. The molecule has 67 valence electrons. The topological polar surface area (TPSA) is 0 Å². The van der Waals surface area contributed by atoms with Crippen molar-refractivity contribution < 1.29 is 0 Å². The van der Waals surface area contributed by atoms with Crippen LogP contribution >= 0.6 is 0 Å². The van der Waals surface area contributed by atoms with Gasteiger partial charge in [0, 0.05) is 0 Å². The first-order valence-electron chi connectivity index (χ1n) is 5.42. The highest BCUT2D eigenvalue weighted by Gasteiger charge is 2.53. The molecule has 0 heterocycles. The van der Waals surface area contributed by atoms with Gasteiger partial charge in [0.15, 0.2) is 0 Å². The summed E-state index contributed by atoms with van der Waals surface area (Å²) in [5.41, 5.74) is 1.21. The van der Waals surface area contributed by atoms with E-state index >= 15 is 0 Å². The summed E-state index contributed by atoms with van der Waals surface area (Å²) in [5.74, 6) is 2.10. The van der Waals surface area contributed by atoms with Gasteiger partial charge in [0.2, 0.25) is 0 Å². The summed E-state index contributed by atoms with van der Waals surface area (Å²) >= 11 is 0. The molecule has 4 saturated carbocycles. The van der Waals surface area contributed by atoms with Crippen LogP contribution in [0.5, 0.6) is 0 Å². The van der Waals surface area contributed by atoms with Crippen molar-refractivity contribution in [2.24, 2.45) is 22.7 Å². The Morgan fingerprint density at radius 2 is 1.67 bits per heavy atom. The second-order valence-electron chi connectivity index (χ2n) is 6.27. The Kier molecular flexibility index (Phi) is 1.18. The molecule has 0 nitrogen and oxygen atoms in total. The minimum atomic E-state index is 0.513. The van der Waals surface area contributed by atoms with Gasteiger partial charge in [0.05, 0.1) is 0 Å². The summed E-state index contributed by atoms with van der Waals surface area (Å²) in [6, 6.07) is 0. The van der Waals surface area contributed by atoms with Crippen LogP contribution in [0.3, 0.4) is 0 Å². The van der Waals surface area contributed by atoms with E-state index in [0.29, 0.717) is 10.8 Å². The molecule has 0 saturated heterocycles. The van der Waals surface area contributed by atoms with Crippen LogP contribution in [0.2, 0.25) is 0 Å². The maximum Gasteiger partial charge on any atom is -0.0287 e. The summed E-state index contributed by atoms with van der Waals surface area (Å²) < 4.78 is 0. The fourth-order valence-electron chi connectivity index (χ4n) is 4.93. The predicted octanol–water partition coefficient (Wildman–Crippen LogP) is 3.43. The highest BCUT2D eigenvalue weighted by Crippen LogP contribution is 2.64. The van der Waals surface area contributed by atoms with Crippen molar-refractivity contribution in [2.45, 2.75) is 45.4 Å². The number of hydrogen-bond donors (Lipinski definition) is 0. The van der Waals surface area contributed by atoms with Gasteiger partial charge in [0.25, 0.3) is 0 Å². The lowest BCUT2D eigenvalue weighted by Gasteiger charge is -2.60. The van der Waals surface area contributed by atoms with Crippen LogP contribution in [-0.2, 0) is 0 Å². The van der Waals surface area contributed by atoms with Gasteiger partial charge >= 0.3 is 0 Å². The standard InChI is InChI=1S/C12H19/c1-11-4-9-3-10(5-11)7-12(2,6-9)8-11/h9-10H,1,3-8H2,2H3. The second kappa shape index (κ2) is 1.91.